The van der Waals surface area contributed by atoms with Crippen LogP contribution in [0, 0.1) is 18.3 Å². The maximum absolute atomic E-state index is 9.02. The highest BCUT2D eigenvalue weighted by Gasteiger charge is 2.20. The first-order valence-corrected chi connectivity index (χ1v) is 4.86. The van der Waals surface area contributed by atoms with E-state index in [0.29, 0.717) is 0 Å². The van der Waals surface area contributed by atoms with Crippen LogP contribution in [0.15, 0.2) is 24.3 Å². The molecule has 0 saturated carbocycles. The number of hydrogen-bond acceptors (Lipinski definition) is 2. The Labute approximate surface area is 85.6 Å². The van der Waals surface area contributed by atoms with Crippen LogP contribution in [0.25, 0.3) is 0 Å². The molecule has 0 saturated heterocycles. The molecular weight excluding hydrogens is 172 g/mol. The summed E-state index contributed by atoms with van der Waals surface area (Å²) in [6, 6.07) is 10.3. The lowest BCUT2D eigenvalue weighted by molar-refractivity contribution is 0.625. The third-order valence-corrected chi connectivity index (χ3v) is 2.51. The Morgan fingerprint density at radius 1 is 1.43 bits per heavy atom. The van der Waals surface area contributed by atoms with Gasteiger partial charge in [-0.3, -0.25) is 0 Å². The van der Waals surface area contributed by atoms with Crippen molar-refractivity contribution in [1.82, 2.24) is 0 Å². The summed E-state index contributed by atoms with van der Waals surface area (Å²) in [6.45, 7) is 5.96. The monoisotopic (exact) mass is 188 g/mol. The summed E-state index contributed by atoms with van der Waals surface area (Å²) in [5.41, 5.74) is 1.74. The van der Waals surface area contributed by atoms with Crippen LogP contribution in [0.2, 0.25) is 0 Å². The van der Waals surface area contributed by atoms with Gasteiger partial charge in [-0.15, -0.1) is 0 Å². The van der Waals surface area contributed by atoms with Gasteiger partial charge in [-0.2, -0.15) is 5.26 Å². The molecule has 0 bridgehead atoms. The first-order chi connectivity index (χ1) is 6.61. The number of benzene rings is 1. The predicted molar refractivity (Wildman–Crippen MR) is 59.1 cm³/mol. The van der Waals surface area contributed by atoms with Crippen molar-refractivity contribution in [3.63, 3.8) is 0 Å². The van der Waals surface area contributed by atoms with Crippen molar-refractivity contribution in [2.24, 2.45) is 0 Å². The van der Waals surface area contributed by atoms with Crippen molar-refractivity contribution in [3.05, 3.63) is 29.8 Å². The van der Waals surface area contributed by atoms with Gasteiger partial charge < -0.3 is 5.32 Å². The van der Waals surface area contributed by atoms with Gasteiger partial charge in [0.05, 0.1) is 6.07 Å². The lowest BCUT2D eigenvalue weighted by atomic mass is 10.00. The number of nitriles is 1. The van der Waals surface area contributed by atoms with Crippen LogP contribution in [0.3, 0.4) is 0 Å². The second kappa shape index (κ2) is 4.15. The molecule has 0 heterocycles. The average Bonchev–Trinajstić information content (AvgIpc) is 2.21. The van der Waals surface area contributed by atoms with Crippen molar-refractivity contribution < 1.29 is 0 Å². The quantitative estimate of drug-likeness (QED) is 0.791. The summed E-state index contributed by atoms with van der Waals surface area (Å²) in [5.74, 6) is 0. The van der Waals surface area contributed by atoms with Crippen LogP contribution in [-0.4, -0.2) is 5.54 Å². The summed E-state index contributed by atoms with van der Waals surface area (Å²) in [6.07, 6.45) is 0.790. The molecule has 0 amide bonds. The fraction of sp³-hybridized carbons (Fsp3) is 0.417. The summed E-state index contributed by atoms with van der Waals surface area (Å²) in [7, 11) is 0. The predicted octanol–water partition coefficient (Wildman–Crippen LogP) is 3.10. The van der Waals surface area contributed by atoms with E-state index in [2.05, 4.69) is 11.4 Å². The van der Waals surface area contributed by atoms with Gasteiger partial charge in [0, 0.05) is 5.69 Å². The van der Waals surface area contributed by atoms with E-state index in [1.54, 1.807) is 0 Å². The summed E-state index contributed by atoms with van der Waals surface area (Å²) in [5, 5.41) is 12.3. The molecule has 0 fully saturated rings. The zero-order valence-corrected chi connectivity index (χ0v) is 8.96. The van der Waals surface area contributed by atoms with Gasteiger partial charge in [0.15, 0.2) is 0 Å². The van der Waals surface area contributed by atoms with E-state index < -0.39 is 5.54 Å². The van der Waals surface area contributed by atoms with Crippen molar-refractivity contribution in [1.29, 1.82) is 5.26 Å². The Morgan fingerprint density at radius 2 is 2.07 bits per heavy atom. The van der Waals surface area contributed by atoms with E-state index in [-0.39, 0.29) is 0 Å². The molecule has 74 valence electrons. The standard InChI is InChI=1S/C12H16N2/c1-4-12(3,9-13)14-11-8-6-5-7-10(11)2/h5-8,14H,4H2,1-3H3. The molecule has 1 unspecified atom stereocenters. The van der Waals surface area contributed by atoms with Crippen molar-refractivity contribution >= 4 is 5.69 Å². The second-order valence-electron chi connectivity index (χ2n) is 3.74. The number of nitrogens with zero attached hydrogens (tertiary/aromatic N) is 1. The molecule has 2 nitrogen and oxygen atoms in total. The van der Waals surface area contributed by atoms with Crippen LogP contribution < -0.4 is 5.32 Å². The number of anilines is 1. The highest BCUT2D eigenvalue weighted by atomic mass is 15.0. The molecule has 14 heavy (non-hydrogen) atoms. The van der Waals surface area contributed by atoms with Crippen LogP contribution in [0.1, 0.15) is 25.8 Å². The normalized spacial score (nSPS) is 14.1. The van der Waals surface area contributed by atoms with Gasteiger partial charge in [-0.05, 0) is 31.9 Å². The van der Waals surface area contributed by atoms with E-state index in [1.165, 1.54) is 5.56 Å². The first-order valence-electron chi connectivity index (χ1n) is 4.86. The van der Waals surface area contributed by atoms with E-state index in [0.717, 1.165) is 12.1 Å². The maximum Gasteiger partial charge on any atom is 0.122 e. The average molecular weight is 188 g/mol. The Bertz CT molecular complexity index is 352. The van der Waals surface area contributed by atoms with Crippen molar-refractivity contribution in [2.75, 3.05) is 5.32 Å². The molecule has 1 rings (SSSR count). The minimum Gasteiger partial charge on any atom is -0.367 e. The zero-order chi connectivity index (χ0) is 10.6. The Balaban J connectivity index is 2.89. The number of nitrogens with one attached hydrogen (secondary N) is 1. The highest BCUT2D eigenvalue weighted by Crippen LogP contribution is 2.20. The molecule has 0 aliphatic rings. The van der Waals surface area contributed by atoms with Gasteiger partial charge >= 0.3 is 0 Å². The van der Waals surface area contributed by atoms with Crippen molar-refractivity contribution in [2.45, 2.75) is 32.7 Å². The molecule has 0 radical (unpaired) electrons. The summed E-state index contributed by atoms with van der Waals surface area (Å²) >= 11 is 0. The van der Waals surface area contributed by atoms with Crippen LogP contribution >= 0.6 is 0 Å². The minimum absolute atomic E-state index is 0.466. The number of hydrogen-bond donors (Lipinski definition) is 1. The molecule has 0 aliphatic heterocycles. The number of rotatable bonds is 3. The second-order valence-corrected chi connectivity index (χ2v) is 3.74. The first kappa shape index (κ1) is 10.6. The van der Waals surface area contributed by atoms with E-state index in [1.807, 2.05) is 45.0 Å². The minimum atomic E-state index is -0.466. The molecule has 2 heteroatoms. The largest absolute Gasteiger partial charge is 0.367 e. The molecule has 1 aromatic rings. The third kappa shape index (κ3) is 2.26. The summed E-state index contributed by atoms with van der Waals surface area (Å²) in [4.78, 5) is 0. The lowest BCUT2D eigenvalue weighted by Gasteiger charge is -2.23. The summed E-state index contributed by atoms with van der Waals surface area (Å²) < 4.78 is 0. The van der Waals surface area contributed by atoms with E-state index in [4.69, 9.17) is 5.26 Å². The molecule has 1 N–H and O–H groups in total. The maximum atomic E-state index is 9.02. The van der Waals surface area contributed by atoms with E-state index >= 15 is 0 Å². The van der Waals surface area contributed by atoms with Gasteiger partial charge in [0.2, 0.25) is 0 Å². The molecule has 0 spiro atoms. The Morgan fingerprint density at radius 3 is 2.57 bits per heavy atom. The lowest BCUT2D eigenvalue weighted by Crippen LogP contribution is -2.32. The van der Waals surface area contributed by atoms with Gasteiger partial charge in [0.1, 0.15) is 5.54 Å². The fourth-order valence-corrected chi connectivity index (χ4v) is 1.21. The molecule has 0 aliphatic carbocycles. The molecule has 1 atom stereocenters. The third-order valence-electron chi connectivity index (χ3n) is 2.51. The Kier molecular flexibility index (Phi) is 3.14. The van der Waals surface area contributed by atoms with E-state index in [9.17, 15) is 0 Å². The Hall–Kier alpha value is -1.49. The topological polar surface area (TPSA) is 35.8 Å². The van der Waals surface area contributed by atoms with Gasteiger partial charge in [0.25, 0.3) is 0 Å². The zero-order valence-electron chi connectivity index (χ0n) is 8.96. The van der Waals surface area contributed by atoms with Crippen LogP contribution in [-0.2, 0) is 0 Å². The van der Waals surface area contributed by atoms with Gasteiger partial charge in [-0.25, -0.2) is 0 Å². The molecule has 0 aromatic heterocycles. The number of aryl methyl sites for hydroxylation is 1. The number of para-hydroxylation sites is 1. The SMILES string of the molecule is CCC(C)(C#N)Nc1ccccc1C. The van der Waals surface area contributed by atoms with Crippen molar-refractivity contribution in [3.8, 4) is 6.07 Å². The smallest absolute Gasteiger partial charge is 0.122 e. The molecule has 1 aromatic carbocycles. The van der Waals surface area contributed by atoms with Crippen LogP contribution in [0.5, 0.6) is 0 Å². The van der Waals surface area contributed by atoms with Gasteiger partial charge in [-0.1, -0.05) is 25.1 Å². The fourth-order valence-electron chi connectivity index (χ4n) is 1.21. The van der Waals surface area contributed by atoms with Crippen LogP contribution in [0.4, 0.5) is 5.69 Å². The molecular formula is C12H16N2. The highest BCUT2D eigenvalue weighted by molar-refractivity contribution is 5.53.